The molecule has 4 aliphatic rings. The molecule has 0 aliphatic heterocycles. The first-order valence-electron chi connectivity index (χ1n) is 17.0. The van der Waals surface area contributed by atoms with Gasteiger partial charge in [-0.1, -0.05) is 135 Å². The maximum Gasteiger partial charge on any atom is 2.00 e. The van der Waals surface area contributed by atoms with Crippen molar-refractivity contribution in [2.24, 2.45) is 0 Å². The first-order chi connectivity index (χ1) is 20.6. The fraction of sp³-hybridized carbons (Fsp3) is 0.571. The molecule has 0 aromatic heterocycles. The normalized spacial score (nSPS) is 22.7. The molecule has 0 saturated heterocycles. The summed E-state index contributed by atoms with van der Waals surface area (Å²) in [4.78, 5) is 0. The molecule has 0 atom stereocenters. The first kappa shape index (κ1) is 49.4. The van der Waals surface area contributed by atoms with E-state index in [1.165, 1.54) is 128 Å². The zero-order valence-electron chi connectivity index (χ0n) is 31.6. The van der Waals surface area contributed by atoms with Crippen LogP contribution in [0.4, 0.5) is 0 Å². The molecule has 0 unspecified atom stereocenters. The maximum absolute atomic E-state index is 4.62. The van der Waals surface area contributed by atoms with E-state index in [0.29, 0.717) is 10.5 Å². The SMILES string of the molecule is CC(C)S/C=C(/[C-][CH][C]1[CH-]CCCC1)C1=CCCCC1.CC(C)[S-].C[C]1[C](C)[C](C)[C](C)[C]1C.C[C]1[C](C)[C](C)[C](C)[C]1C.[Ru+2].[Ru+]. The summed E-state index contributed by atoms with van der Waals surface area (Å²) in [5, 5.41) is 3.38. The van der Waals surface area contributed by atoms with Crippen molar-refractivity contribution in [1.82, 2.24) is 0 Å². The van der Waals surface area contributed by atoms with Crippen LogP contribution in [0.1, 0.15) is 148 Å². The third kappa shape index (κ3) is 17.5. The molecule has 0 bridgehead atoms. The summed E-state index contributed by atoms with van der Waals surface area (Å²) in [6, 6.07) is 0. The van der Waals surface area contributed by atoms with Gasteiger partial charge in [0.2, 0.25) is 0 Å². The minimum atomic E-state index is 0. The van der Waals surface area contributed by atoms with Crippen LogP contribution in [-0.2, 0) is 51.6 Å². The molecule has 3 fully saturated rings. The van der Waals surface area contributed by atoms with E-state index in [9.17, 15) is 0 Å². The molecule has 0 heterocycles. The number of hydrogen-bond donors (Lipinski definition) is 0. The summed E-state index contributed by atoms with van der Waals surface area (Å²) in [5.41, 5.74) is 2.84. The van der Waals surface area contributed by atoms with Crippen LogP contribution in [-0.4, -0.2) is 10.5 Å². The van der Waals surface area contributed by atoms with Gasteiger partial charge in [-0.05, 0) is 70.8 Å². The average Bonchev–Trinajstić information content (AvgIpc) is 3.27. The number of allylic oxidation sites excluding steroid dienone is 3. The van der Waals surface area contributed by atoms with Crippen LogP contribution in [0.3, 0.4) is 0 Å². The minimum absolute atomic E-state index is 0. The van der Waals surface area contributed by atoms with Crippen molar-refractivity contribution in [1.29, 1.82) is 0 Å². The standard InChI is InChI=1S/C19H27S.2C10H15.C3H8S.2Ru/c1-16(2)20-15-19(18-11-7-4-8-12-18)14-13-17-9-5-3-6-10-17;2*1-6-7(2)9(4)10(5)8(6)3;1-3(2)4;;/h9,11,13,15-16H,3-8,10,12H2,1-2H3;2*1-5H3;3-4H,1-2H3;;/q-2;;;;+1;+2/p-1/b19-15-;;;;;. The Labute approximate surface area is 326 Å². The average molecular weight is 835 g/mol. The van der Waals surface area contributed by atoms with E-state index in [0.717, 1.165) is 0 Å². The molecule has 0 amide bonds. The molecular weight excluding hydrogens is 771 g/mol. The van der Waals surface area contributed by atoms with Crippen molar-refractivity contribution in [2.45, 2.75) is 159 Å². The monoisotopic (exact) mass is 836 g/mol. The topological polar surface area (TPSA) is 0 Å². The van der Waals surface area contributed by atoms with Gasteiger partial charge in [-0.3, -0.25) is 0 Å². The zero-order chi connectivity index (χ0) is 33.6. The molecule has 0 nitrogen and oxygen atoms in total. The van der Waals surface area contributed by atoms with Crippen molar-refractivity contribution in [3.63, 3.8) is 0 Å². The van der Waals surface area contributed by atoms with Gasteiger partial charge in [0.15, 0.2) is 0 Å². The summed E-state index contributed by atoms with van der Waals surface area (Å²) in [6.07, 6.45) is 21.0. The second-order valence-electron chi connectivity index (χ2n) is 13.3. The molecule has 0 aromatic rings. The third-order valence-corrected chi connectivity index (χ3v) is 10.4. The maximum atomic E-state index is 4.62. The van der Waals surface area contributed by atoms with Crippen LogP contribution in [0, 0.1) is 84.4 Å². The van der Waals surface area contributed by atoms with E-state index >= 15 is 0 Å². The van der Waals surface area contributed by atoms with Crippen LogP contribution in [0.15, 0.2) is 22.6 Å². The summed E-state index contributed by atoms with van der Waals surface area (Å²) in [7, 11) is 0. The Morgan fingerprint density at radius 3 is 1.39 bits per heavy atom. The minimum Gasteiger partial charge on any atom is -0.790 e. The van der Waals surface area contributed by atoms with Crippen LogP contribution in [0.2, 0.25) is 0 Å². The predicted molar refractivity (Wildman–Crippen MR) is 203 cm³/mol. The molecular formula is C42H64Ru2S2. The van der Waals surface area contributed by atoms with E-state index in [4.69, 9.17) is 0 Å². The van der Waals surface area contributed by atoms with Crippen molar-refractivity contribution in [2.75, 3.05) is 0 Å². The Morgan fingerprint density at radius 2 is 1.09 bits per heavy atom. The van der Waals surface area contributed by atoms with Gasteiger partial charge in [-0.25, -0.2) is 0 Å². The van der Waals surface area contributed by atoms with Crippen molar-refractivity contribution in [3.8, 4) is 0 Å². The third-order valence-electron chi connectivity index (χ3n) is 9.46. The fourth-order valence-electron chi connectivity index (χ4n) is 5.47. The second-order valence-corrected chi connectivity index (χ2v) is 15.7. The molecule has 260 valence electrons. The first-order valence-corrected chi connectivity index (χ1v) is 18.4. The van der Waals surface area contributed by atoms with E-state index in [-0.39, 0.29) is 39.0 Å². The van der Waals surface area contributed by atoms with E-state index in [1.807, 2.05) is 25.6 Å². The largest absolute Gasteiger partial charge is 2.00 e. The zero-order valence-corrected chi connectivity index (χ0v) is 36.8. The molecule has 4 rings (SSSR count). The molecule has 14 radical (unpaired) electrons. The van der Waals surface area contributed by atoms with Crippen molar-refractivity contribution in [3.05, 3.63) is 107 Å². The summed E-state index contributed by atoms with van der Waals surface area (Å²) < 4.78 is 0. The van der Waals surface area contributed by atoms with Crippen LogP contribution >= 0.6 is 11.8 Å². The van der Waals surface area contributed by atoms with Gasteiger partial charge in [0.05, 0.1) is 0 Å². The number of rotatable bonds is 6. The molecule has 46 heavy (non-hydrogen) atoms. The van der Waals surface area contributed by atoms with Gasteiger partial charge < -0.3 is 19.0 Å². The van der Waals surface area contributed by atoms with E-state index in [2.05, 4.69) is 126 Å². The molecule has 3 saturated carbocycles. The molecule has 0 N–H and O–H groups in total. The van der Waals surface area contributed by atoms with Gasteiger partial charge in [0, 0.05) is 0 Å². The van der Waals surface area contributed by atoms with Crippen LogP contribution in [0.25, 0.3) is 0 Å². The molecule has 4 heteroatoms. The Balaban J connectivity index is 0. The second kappa shape index (κ2) is 26.1. The number of hydrogen-bond acceptors (Lipinski definition) is 2. The molecule has 4 aliphatic carbocycles. The predicted octanol–water partition coefficient (Wildman–Crippen LogP) is 13.0. The quantitative estimate of drug-likeness (QED) is 0.149. The van der Waals surface area contributed by atoms with Crippen LogP contribution in [0.5, 0.6) is 0 Å². The van der Waals surface area contributed by atoms with Gasteiger partial charge in [0.1, 0.15) is 0 Å². The van der Waals surface area contributed by atoms with Gasteiger partial charge >= 0.3 is 39.0 Å². The summed E-state index contributed by atoms with van der Waals surface area (Å²) in [5.74, 6) is 16.2. The summed E-state index contributed by atoms with van der Waals surface area (Å²) in [6.45, 7) is 30.5. The Kier molecular flexibility index (Phi) is 28.1. The smallest absolute Gasteiger partial charge is 0.790 e. The number of thioether (sulfide) groups is 1. The van der Waals surface area contributed by atoms with Crippen molar-refractivity contribution < 1.29 is 39.0 Å². The van der Waals surface area contributed by atoms with Gasteiger partial charge in [0.25, 0.3) is 0 Å². The van der Waals surface area contributed by atoms with E-state index < -0.39 is 0 Å². The molecule has 0 spiro atoms. The Hall–Kier alpha value is 1.30. The Bertz CT molecular complexity index is 692. The van der Waals surface area contributed by atoms with E-state index in [1.54, 1.807) is 0 Å². The van der Waals surface area contributed by atoms with Gasteiger partial charge in [-0.2, -0.15) is 46.9 Å². The van der Waals surface area contributed by atoms with Crippen molar-refractivity contribution >= 4 is 24.4 Å². The Morgan fingerprint density at radius 1 is 0.696 bits per heavy atom. The summed E-state index contributed by atoms with van der Waals surface area (Å²) >= 11 is 6.54. The van der Waals surface area contributed by atoms with Crippen LogP contribution < -0.4 is 0 Å². The molecule has 0 aromatic carbocycles. The fourth-order valence-corrected chi connectivity index (χ4v) is 6.09. The van der Waals surface area contributed by atoms with Gasteiger partial charge in [-0.15, -0.1) is 17.9 Å².